The van der Waals surface area contributed by atoms with Crippen molar-refractivity contribution in [2.45, 2.75) is 6.42 Å². The Labute approximate surface area is 254 Å². The van der Waals surface area contributed by atoms with E-state index in [2.05, 4.69) is 231 Å². The molecule has 0 atom stereocenters. The third-order valence-corrected chi connectivity index (χ3v) is 2.65. The van der Waals surface area contributed by atoms with Gasteiger partial charge in [0.15, 0.2) is 0 Å². The van der Waals surface area contributed by atoms with Crippen molar-refractivity contribution in [3.63, 3.8) is 0 Å². The van der Waals surface area contributed by atoms with Gasteiger partial charge in [0, 0.05) is 137 Å². The molecule has 0 saturated heterocycles. The normalized spacial score (nSPS) is 4.28. The van der Waals surface area contributed by atoms with E-state index in [1.165, 1.54) is 0 Å². The number of aliphatic hydroxyl groups excluding tert-OH is 1. The van der Waals surface area contributed by atoms with Gasteiger partial charge in [-0.15, -0.1) is 6.42 Å². The van der Waals surface area contributed by atoms with Crippen LogP contribution in [0, 0.1) is 237 Å². The summed E-state index contributed by atoms with van der Waals surface area (Å²) >= 11 is 0. The fourth-order valence-electron chi connectivity index (χ4n) is 1.29. The van der Waals surface area contributed by atoms with E-state index >= 15 is 0 Å². The van der Waals surface area contributed by atoms with E-state index in [9.17, 15) is 0 Å². The van der Waals surface area contributed by atoms with Crippen LogP contribution in [0.3, 0.4) is 0 Å². The van der Waals surface area contributed by atoms with E-state index in [1.807, 2.05) is 0 Å². The molecule has 43 heavy (non-hydrogen) atoms. The Morgan fingerprint density at radius 2 is 0.419 bits per heavy atom. The lowest BCUT2D eigenvalue weighted by molar-refractivity contribution is 0.305. The molecule has 0 aromatic heterocycles. The van der Waals surface area contributed by atoms with Crippen molar-refractivity contribution < 1.29 is 5.11 Å². The predicted octanol–water partition coefficient (Wildman–Crippen LogP) is 0.0666. The monoisotopic (exact) mass is 526 g/mol. The zero-order chi connectivity index (χ0) is 31.0. The molecule has 0 saturated carbocycles. The second-order valence-corrected chi connectivity index (χ2v) is 5.42. The summed E-state index contributed by atoms with van der Waals surface area (Å²) in [7, 11) is 0. The van der Waals surface area contributed by atoms with Crippen LogP contribution in [-0.2, 0) is 0 Å². The fourth-order valence-corrected chi connectivity index (χ4v) is 1.29. The molecule has 0 aliphatic rings. The number of terminal acetylenes is 1. The van der Waals surface area contributed by atoms with Crippen LogP contribution in [0.15, 0.2) is 0 Å². The minimum absolute atomic E-state index is 0.00274. The van der Waals surface area contributed by atoms with Gasteiger partial charge in [0.05, 0.1) is 6.61 Å². The topological polar surface area (TPSA) is 20.2 Å². The Hall–Kier alpha value is -8.84. The summed E-state index contributed by atoms with van der Waals surface area (Å²) < 4.78 is 0. The van der Waals surface area contributed by atoms with Crippen LogP contribution in [0.25, 0.3) is 0 Å². The van der Waals surface area contributed by atoms with Gasteiger partial charge < -0.3 is 5.11 Å². The summed E-state index contributed by atoms with van der Waals surface area (Å²) in [4.78, 5) is 0. The third kappa shape index (κ3) is 33.2. The summed E-state index contributed by atoms with van der Waals surface area (Å²) in [5, 5.41) is 8.54. The zero-order valence-electron chi connectivity index (χ0n) is 21.9. The lowest BCUT2D eigenvalue weighted by Crippen LogP contribution is -1.74. The van der Waals surface area contributed by atoms with Crippen LogP contribution in [0.5, 0.6) is 0 Å². The molecule has 0 aromatic rings. The molecule has 0 aliphatic carbocycles. The van der Waals surface area contributed by atoms with Gasteiger partial charge in [-0.2, -0.15) is 0 Å². The van der Waals surface area contributed by atoms with Crippen LogP contribution in [0.2, 0.25) is 0 Å². The summed E-state index contributed by atoms with van der Waals surface area (Å²) in [5.41, 5.74) is 0. The van der Waals surface area contributed by atoms with E-state index in [1.54, 1.807) is 0 Å². The van der Waals surface area contributed by atoms with Crippen molar-refractivity contribution in [1.82, 2.24) is 0 Å². The quantitative estimate of drug-likeness (QED) is 0.480. The molecule has 1 nitrogen and oxygen atoms in total. The second-order valence-electron chi connectivity index (χ2n) is 5.42. The van der Waals surface area contributed by atoms with Gasteiger partial charge >= 0.3 is 0 Å². The van der Waals surface area contributed by atoms with Crippen LogP contribution in [-0.4, -0.2) is 11.7 Å². The van der Waals surface area contributed by atoms with E-state index in [0.29, 0.717) is 6.42 Å². The molecule has 1 heteroatoms. The molecule has 0 bridgehead atoms. The molecule has 0 rings (SSSR count). The first-order valence-electron chi connectivity index (χ1n) is 11.0. The molecule has 0 aromatic carbocycles. The maximum atomic E-state index is 8.54. The highest BCUT2D eigenvalue weighted by molar-refractivity contribution is 5.49. The summed E-state index contributed by atoms with van der Waals surface area (Å²) in [6.07, 6.45) is 5.31. The highest BCUT2D eigenvalue weighted by Crippen LogP contribution is 1.67. The number of hydrogen-bond donors (Lipinski definition) is 1. The maximum Gasteiger partial charge on any atom is 0.0540 e. The molecule has 180 valence electrons. The third-order valence-electron chi connectivity index (χ3n) is 2.65. The number of hydrogen-bond acceptors (Lipinski definition) is 1. The van der Waals surface area contributed by atoms with E-state index in [0.717, 1.165) is 0 Å². The standard InChI is InChI=1S/C42H6O/c1-2-3-4-5-6-7-8-9-10-11-12-13-14-15-16-17-18-19-20-21-22-23-24-25-26-27-28-29-30-31-32-33-34-35-36-37-38-39-40-41-42-43/h1,43H,41-42H2. The SMILES string of the molecule is C#CC#CC#CC#CC#CC#CC#CC#CC#CC#CC#CC#CC#CC#CC#CC#CC#CC#CC#CC#CCCO. The molecule has 0 fully saturated rings. The molecule has 0 unspecified atom stereocenters. The molecule has 0 heterocycles. The van der Waals surface area contributed by atoms with Gasteiger partial charge in [0.25, 0.3) is 0 Å². The van der Waals surface area contributed by atoms with E-state index in [-0.39, 0.29) is 6.61 Å². The van der Waals surface area contributed by atoms with E-state index < -0.39 is 0 Å². The Kier molecular flexibility index (Phi) is 26.3. The first-order chi connectivity index (χ1) is 21.4. The molecule has 0 radical (unpaired) electrons. The Bertz CT molecular complexity index is 2410. The average Bonchev–Trinajstić information content (AvgIpc) is 3.02. The first kappa shape index (κ1) is 34.2. The van der Waals surface area contributed by atoms with Crippen molar-refractivity contribution in [3.05, 3.63) is 0 Å². The lowest BCUT2D eigenvalue weighted by Gasteiger charge is -1.72. The van der Waals surface area contributed by atoms with E-state index in [4.69, 9.17) is 11.5 Å². The summed E-state index contributed by atoms with van der Waals surface area (Å²) in [5.74, 6) is 96.6. The lowest BCUT2D eigenvalue weighted by atomic mass is 10.4. The van der Waals surface area contributed by atoms with Crippen molar-refractivity contribution in [2.75, 3.05) is 6.61 Å². The molecule has 0 aliphatic heterocycles. The summed E-state index contributed by atoms with van der Waals surface area (Å²) in [6.45, 7) is 0.00274. The van der Waals surface area contributed by atoms with Gasteiger partial charge in [-0.1, -0.05) is 5.92 Å². The van der Waals surface area contributed by atoms with Crippen molar-refractivity contribution in [3.8, 4) is 237 Å². The molecular formula is C42H6O. The van der Waals surface area contributed by atoms with Gasteiger partial charge in [0.2, 0.25) is 0 Å². The average molecular weight is 527 g/mol. The Morgan fingerprint density at radius 3 is 0.581 bits per heavy atom. The highest BCUT2D eigenvalue weighted by atomic mass is 16.2. The van der Waals surface area contributed by atoms with Crippen LogP contribution >= 0.6 is 0 Å². The van der Waals surface area contributed by atoms with Crippen LogP contribution in [0.1, 0.15) is 6.42 Å². The minimum atomic E-state index is 0.00274. The van der Waals surface area contributed by atoms with Crippen LogP contribution < -0.4 is 0 Å². The maximum absolute atomic E-state index is 8.54. The van der Waals surface area contributed by atoms with Crippen LogP contribution in [0.4, 0.5) is 0 Å². The minimum Gasteiger partial charge on any atom is -0.395 e. The first-order valence-corrected chi connectivity index (χ1v) is 11.0. The van der Waals surface area contributed by atoms with Gasteiger partial charge in [-0.05, 0) is 94.7 Å². The Balaban J connectivity index is 4.51. The molecular weight excluding hydrogens is 520 g/mol. The van der Waals surface area contributed by atoms with Gasteiger partial charge in [-0.3, -0.25) is 0 Å². The van der Waals surface area contributed by atoms with Crippen molar-refractivity contribution in [1.29, 1.82) is 0 Å². The number of aliphatic hydroxyl groups is 1. The van der Waals surface area contributed by atoms with Gasteiger partial charge in [-0.25, -0.2) is 0 Å². The Morgan fingerprint density at radius 1 is 0.256 bits per heavy atom. The predicted molar refractivity (Wildman–Crippen MR) is 168 cm³/mol. The second kappa shape index (κ2) is 33.2. The van der Waals surface area contributed by atoms with Crippen molar-refractivity contribution >= 4 is 0 Å². The van der Waals surface area contributed by atoms with Crippen molar-refractivity contribution in [2.24, 2.45) is 0 Å². The summed E-state index contributed by atoms with van der Waals surface area (Å²) in [6, 6.07) is 0. The largest absolute Gasteiger partial charge is 0.395 e. The molecule has 0 amide bonds. The smallest absolute Gasteiger partial charge is 0.0540 e. The zero-order valence-corrected chi connectivity index (χ0v) is 21.9. The molecule has 0 spiro atoms. The number of rotatable bonds is 1. The molecule has 1 N–H and O–H groups in total. The highest BCUT2D eigenvalue weighted by Gasteiger charge is 1.67. The fraction of sp³-hybridized carbons (Fsp3) is 0.0476. The van der Waals surface area contributed by atoms with Gasteiger partial charge in [0.1, 0.15) is 0 Å².